The molecule has 0 spiro atoms. The molecule has 0 bridgehead atoms. The van der Waals surface area contributed by atoms with Crippen molar-refractivity contribution in [1.29, 1.82) is 0 Å². The number of nitrogens with one attached hydrogen (secondary N) is 1. The summed E-state index contributed by atoms with van der Waals surface area (Å²) in [5, 5.41) is 22.4. The summed E-state index contributed by atoms with van der Waals surface area (Å²) in [6, 6.07) is 71.2. The summed E-state index contributed by atoms with van der Waals surface area (Å²) in [6.07, 6.45) is 0.386. The molecule has 0 saturated heterocycles. The van der Waals surface area contributed by atoms with Crippen molar-refractivity contribution in [3.8, 4) is 5.75 Å². The predicted molar refractivity (Wildman–Crippen MR) is 257 cm³/mol. The van der Waals surface area contributed by atoms with Gasteiger partial charge in [0, 0.05) is 0 Å². The van der Waals surface area contributed by atoms with Crippen molar-refractivity contribution in [2.75, 3.05) is 5.32 Å². The summed E-state index contributed by atoms with van der Waals surface area (Å²) in [5.41, 5.74) is 0.971. The molecular formula is C51H38Cl2N2O4P2. The minimum atomic E-state index is -4.57. The van der Waals surface area contributed by atoms with E-state index in [0.29, 0.717) is 17.2 Å². The molecule has 0 radical (unpaired) electrons. The van der Waals surface area contributed by atoms with Gasteiger partial charge >= 0.3 is 366 Å². The zero-order chi connectivity index (χ0) is 42.1. The Morgan fingerprint density at radius 2 is 1.02 bits per heavy atom. The monoisotopic (exact) mass is 874 g/mol. The SMILES string of the molecule is O=C(Nc1ccc([N+](=O)[O-])cc1Cl)c1cc(Cl)cc2c1OP(c1ccccc1)(c1ccccc1)(c1ccccc1)C(=P(c1ccccc1)(c1ccccc1)c1ccccc1)C2. The van der Waals surface area contributed by atoms with Crippen LogP contribution < -0.4 is 41.7 Å². The Morgan fingerprint density at radius 3 is 1.43 bits per heavy atom. The van der Waals surface area contributed by atoms with E-state index in [2.05, 4.69) is 169 Å². The maximum absolute atomic E-state index is 14.8. The molecule has 8 aromatic rings. The van der Waals surface area contributed by atoms with Crippen LogP contribution in [-0.2, 0) is 6.42 Å². The third-order valence-corrected chi connectivity index (χ3v) is 23.7. The van der Waals surface area contributed by atoms with Gasteiger partial charge in [-0.3, -0.25) is 0 Å². The van der Waals surface area contributed by atoms with Gasteiger partial charge in [0.15, 0.2) is 0 Å². The van der Waals surface area contributed by atoms with Gasteiger partial charge in [-0.2, -0.15) is 0 Å². The first-order valence-electron chi connectivity index (χ1n) is 19.7. The number of halogens is 2. The van der Waals surface area contributed by atoms with Gasteiger partial charge in [-0.15, -0.1) is 0 Å². The Hall–Kier alpha value is -6.26. The van der Waals surface area contributed by atoms with Crippen LogP contribution in [0.2, 0.25) is 10.0 Å². The van der Waals surface area contributed by atoms with E-state index in [4.69, 9.17) is 27.7 Å². The molecule has 0 aromatic heterocycles. The molecule has 300 valence electrons. The Morgan fingerprint density at radius 1 is 0.590 bits per heavy atom. The van der Waals surface area contributed by atoms with E-state index >= 15 is 0 Å². The fraction of sp³-hybridized carbons (Fsp3) is 0.0196. The van der Waals surface area contributed by atoms with Crippen molar-refractivity contribution < 1.29 is 14.2 Å². The van der Waals surface area contributed by atoms with Crippen LogP contribution in [0, 0.1) is 10.1 Å². The summed E-state index contributed by atoms with van der Waals surface area (Å²) in [7, 11) is 0. The maximum atomic E-state index is 14.8. The number of hydrogen-bond donors (Lipinski definition) is 1. The third-order valence-electron chi connectivity index (χ3n) is 11.5. The van der Waals surface area contributed by atoms with Crippen LogP contribution in [0.4, 0.5) is 11.4 Å². The van der Waals surface area contributed by atoms with Crippen LogP contribution in [0.1, 0.15) is 15.9 Å². The number of nitro benzene ring substituents is 1. The molecule has 1 aliphatic heterocycles. The van der Waals surface area contributed by atoms with Gasteiger partial charge in [-0.05, 0) is 0 Å². The average Bonchev–Trinajstić information content (AvgIpc) is 3.31. The summed E-state index contributed by atoms with van der Waals surface area (Å²) in [4.78, 5) is 25.9. The van der Waals surface area contributed by atoms with Crippen molar-refractivity contribution in [3.63, 3.8) is 0 Å². The molecule has 10 heteroatoms. The molecule has 1 amide bonds. The number of anilines is 1. The molecule has 1 aliphatic rings. The van der Waals surface area contributed by atoms with E-state index < -0.39 is 24.5 Å². The zero-order valence-corrected chi connectivity index (χ0v) is 35.9. The molecule has 0 fully saturated rings. The van der Waals surface area contributed by atoms with Crippen LogP contribution in [-0.4, -0.2) is 15.9 Å². The number of nitro groups is 1. The molecule has 0 atom stereocenters. The molecule has 9 rings (SSSR count). The van der Waals surface area contributed by atoms with E-state index in [1.165, 1.54) is 23.2 Å². The van der Waals surface area contributed by atoms with Gasteiger partial charge in [0.1, 0.15) is 0 Å². The Labute approximate surface area is 364 Å². The van der Waals surface area contributed by atoms with Gasteiger partial charge < -0.3 is 0 Å². The number of rotatable bonds is 9. The summed E-state index contributed by atoms with van der Waals surface area (Å²) >= 11 is 13.6. The number of carbonyl (C=O) groups excluding carboxylic acids is 1. The Kier molecular flexibility index (Phi) is 10.7. The molecule has 1 heterocycles. The fourth-order valence-corrected chi connectivity index (χ4v) is 23.5. The van der Waals surface area contributed by atoms with E-state index in [9.17, 15) is 14.9 Å². The number of hydrogen-bond acceptors (Lipinski definition) is 4. The second kappa shape index (κ2) is 16.3. The molecule has 0 aliphatic carbocycles. The second-order valence-electron chi connectivity index (χ2n) is 14.7. The molecule has 6 nitrogen and oxygen atoms in total. The van der Waals surface area contributed by atoms with Crippen molar-refractivity contribution in [3.05, 3.63) is 244 Å². The molecule has 1 N–H and O–H groups in total. The van der Waals surface area contributed by atoms with Gasteiger partial charge in [0.2, 0.25) is 0 Å². The number of fused-ring (bicyclic) bond motifs is 1. The minimum absolute atomic E-state index is 0.0237. The van der Waals surface area contributed by atoms with Crippen LogP contribution in [0.3, 0.4) is 0 Å². The van der Waals surface area contributed by atoms with E-state index in [0.717, 1.165) is 37.4 Å². The van der Waals surface area contributed by atoms with Gasteiger partial charge in [0.25, 0.3) is 0 Å². The standard InChI is InChI=1S/C51H38Cl2N2O4P2/c52-38-33-37-34-49(60(40-19-7-1-8-20-40,41-21-9-2-10-22-41)42-23-11-3-12-24-42)61(43-25-13-4-14-26-43,44-27-15-5-16-28-44,45-29-17-6-18-30-45)59-50(37)46(35-38)51(56)54-48-32-31-39(55(57)58)36-47(48)53/h1-33,35-36H,34H2,(H,54,56). The quantitative estimate of drug-likeness (QED) is 0.0890. The van der Waals surface area contributed by atoms with Gasteiger partial charge in [0.05, 0.1) is 0 Å². The van der Waals surface area contributed by atoms with E-state index in [-0.39, 0.29) is 22.0 Å². The fourth-order valence-electron chi connectivity index (χ4n) is 8.97. The number of non-ortho nitro benzene ring substituents is 1. The van der Waals surface area contributed by atoms with Gasteiger partial charge in [-0.1, -0.05) is 0 Å². The van der Waals surface area contributed by atoms with E-state index in [1.54, 1.807) is 6.07 Å². The summed E-state index contributed by atoms with van der Waals surface area (Å²) < 4.78 is 8.35. The van der Waals surface area contributed by atoms with Crippen LogP contribution in [0.25, 0.3) is 0 Å². The molecule has 61 heavy (non-hydrogen) atoms. The number of carbonyl (C=O) groups is 1. The molecule has 8 aromatic carbocycles. The van der Waals surface area contributed by atoms with Gasteiger partial charge in [-0.25, -0.2) is 0 Å². The first-order valence-corrected chi connectivity index (χ1v) is 24.4. The molecule has 0 unspecified atom stereocenters. The van der Waals surface area contributed by atoms with Crippen molar-refractivity contribution >= 4 is 91.1 Å². The van der Waals surface area contributed by atoms with Crippen molar-refractivity contribution in [1.82, 2.24) is 0 Å². The first-order chi connectivity index (χ1) is 29.8. The van der Waals surface area contributed by atoms with E-state index in [1.807, 2.05) is 24.3 Å². The Balaban J connectivity index is 1.52. The van der Waals surface area contributed by atoms with Crippen LogP contribution >= 0.6 is 36.9 Å². The molecule has 0 saturated carbocycles. The Bertz CT molecular complexity index is 2770. The topological polar surface area (TPSA) is 81.5 Å². The third kappa shape index (κ3) is 6.50. The number of benzene rings is 8. The zero-order valence-electron chi connectivity index (χ0n) is 32.6. The predicted octanol–water partition coefficient (Wildman–Crippen LogP) is 10.7. The van der Waals surface area contributed by atoms with Crippen LogP contribution in [0.5, 0.6) is 5.75 Å². The number of nitrogens with zero attached hydrogens (tertiary/aromatic N) is 1. The van der Waals surface area contributed by atoms with Crippen molar-refractivity contribution in [2.24, 2.45) is 0 Å². The summed E-state index contributed by atoms with van der Waals surface area (Å²) in [6.45, 7) is -7.53. The van der Waals surface area contributed by atoms with Crippen LogP contribution in [0.15, 0.2) is 212 Å². The normalized spacial score (nSPS) is 14.7. The molecular weight excluding hydrogens is 837 g/mol. The van der Waals surface area contributed by atoms with Crippen molar-refractivity contribution in [2.45, 2.75) is 6.42 Å². The second-order valence-corrected chi connectivity index (χ2v) is 23.7. The average molecular weight is 876 g/mol. The first kappa shape index (κ1) is 40.2. The summed E-state index contributed by atoms with van der Waals surface area (Å²) in [5.74, 6) is -0.135. The number of amides is 1.